The third-order valence-electron chi connectivity index (χ3n) is 11.9. The number of methoxy groups -OCH3 is 2. The molecule has 8 atom stereocenters. The number of nitrogens with zero attached hydrogens (tertiary/aromatic N) is 4. The van der Waals surface area contributed by atoms with Crippen LogP contribution >= 0.6 is 0 Å². The van der Waals surface area contributed by atoms with Crippen molar-refractivity contribution < 1.29 is 52.9 Å². The highest BCUT2D eigenvalue weighted by Gasteiger charge is 2.33. The van der Waals surface area contributed by atoms with Crippen molar-refractivity contribution in [2.24, 2.45) is 23.7 Å². The van der Waals surface area contributed by atoms with Gasteiger partial charge in [0, 0.05) is 67.0 Å². The van der Waals surface area contributed by atoms with Gasteiger partial charge in [0.05, 0.1) is 30.8 Å². The van der Waals surface area contributed by atoms with Crippen molar-refractivity contribution in [2.45, 2.75) is 184 Å². The fourth-order valence-corrected chi connectivity index (χ4v) is 7.40. The number of carbonyl (C=O) groups excluding carboxylic acids is 7. The normalized spacial score (nSPS) is 15.9. The molecule has 0 aliphatic carbocycles. The number of urea groups is 1. The number of carboxylic acids is 1. The van der Waals surface area contributed by atoms with E-state index in [0.29, 0.717) is 55.4 Å². The standard InChI is InChI=1S/C22H45N3O3.C11H17NO3.C10H19NO2.C4H7NO3.C3H8/c1-11-16(6)21(19(13-3)28-10)25(9)20(26)14-23-22(27)24(8)18(12-2)17(7)15(4)5;1-12(11(15)7-6-10-14)8-4-2-3-5-9-13;1-8(2)10(13-3)9-5-4-6-11(9)7-12;1-3(4(7)8)5-2-6;1-3-2/h15-19,21H,11-14H2,1-10H3,(H,23,27);6-7,9-10H,2-5,8H2,1H3;7-10H,4-6H2,1-3H3;2-3H,1H3,(H,5,6)(H,7,8);3H2,1-2H3/b;7-6-;;;/t16?,17-,18?,19?,21?;;;3-;/m0..0./s1. The van der Waals surface area contributed by atoms with Crippen molar-refractivity contribution in [1.82, 2.24) is 30.2 Å². The zero-order chi connectivity index (χ0) is 52.7. The van der Waals surface area contributed by atoms with Gasteiger partial charge in [-0.3, -0.25) is 28.8 Å². The number of carbonyl (C=O) groups is 8. The second kappa shape index (κ2) is 42.9. The molecule has 3 N–H and O–H groups in total. The molecule has 6 amide bonds. The Morgan fingerprint density at radius 1 is 0.806 bits per heavy atom. The van der Waals surface area contributed by atoms with E-state index in [-0.39, 0.29) is 48.7 Å². The summed E-state index contributed by atoms with van der Waals surface area (Å²) in [5.74, 6) is 0.372. The van der Waals surface area contributed by atoms with Crippen molar-refractivity contribution in [3.05, 3.63) is 12.2 Å². The summed E-state index contributed by atoms with van der Waals surface area (Å²) in [4.78, 5) is 93.7. The van der Waals surface area contributed by atoms with Crippen LogP contribution in [-0.2, 0) is 43.0 Å². The van der Waals surface area contributed by atoms with E-state index in [1.807, 2.05) is 19.0 Å². The molecule has 6 unspecified atom stereocenters. The molecule has 0 bridgehead atoms. The second-order valence-corrected chi connectivity index (χ2v) is 17.7. The zero-order valence-electron chi connectivity index (χ0n) is 44.7. The molecule has 1 saturated heterocycles. The average Bonchev–Trinajstić information content (AvgIpc) is 3.77. The molecule has 1 rings (SSSR count). The summed E-state index contributed by atoms with van der Waals surface area (Å²) in [6, 6.07) is -0.542. The van der Waals surface area contributed by atoms with Gasteiger partial charge in [-0.1, -0.05) is 95.4 Å². The Bertz CT molecular complexity index is 1360. The van der Waals surface area contributed by atoms with Crippen LogP contribution in [0.4, 0.5) is 4.79 Å². The minimum absolute atomic E-state index is 0.000744. The average molecular weight is 957 g/mol. The molecular weight excluding hydrogens is 861 g/mol. The van der Waals surface area contributed by atoms with Gasteiger partial charge in [-0.2, -0.15) is 0 Å². The van der Waals surface area contributed by atoms with Gasteiger partial charge < -0.3 is 49.6 Å². The Morgan fingerprint density at radius 3 is 1.81 bits per heavy atom. The lowest BCUT2D eigenvalue weighted by molar-refractivity contribution is -0.140. The van der Waals surface area contributed by atoms with Crippen LogP contribution < -0.4 is 10.6 Å². The lowest BCUT2D eigenvalue weighted by Gasteiger charge is -2.38. The molecule has 17 heteroatoms. The Morgan fingerprint density at radius 2 is 1.40 bits per heavy atom. The van der Waals surface area contributed by atoms with Crippen molar-refractivity contribution >= 4 is 49.2 Å². The summed E-state index contributed by atoms with van der Waals surface area (Å²) in [7, 11) is 8.74. The summed E-state index contributed by atoms with van der Waals surface area (Å²) >= 11 is 0. The van der Waals surface area contributed by atoms with Crippen molar-refractivity contribution in [1.29, 1.82) is 0 Å². The quantitative estimate of drug-likeness (QED) is 0.0440. The third-order valence-corrected chi connectivity index (χ3v) is 11.9. The number of nitrogens with one attached hydrogen (secondary N) is 2. The first-order chi connectivity index (χ1) is 31.6. The van der Waals surface area contributed by atoms with Gasteiger partial charge in [0.2, 0.25) is 24.6 Å². The Labute approximate surface area is 405 Å². The largest absolute Gasteiger partial charge is 0.480 e. The number of hydrogen-bond acceptors (Lipinski definition) is 10. The van der Waals surface area contributed by atoms with Gasteiger partial charge in [-0.15, -0.1) is 0 Å². The zero-order valence-corrected chi connectivity index (χ0v) is 44.7. The maximum atomic E-state index is 12.8. The maximum absolute atomic E-state index is 12.8. The number of hydrogen-bond donors (Lipinski definition) is 3. The molecule has 0 radical (unpaired) electrons. The summed E-state index contributed by atoms with van der Waals surface area (Å²) < 4.78 is 11.1. The van der Waals surface area contributed by atoms with Crippen LogP contribution in [0.5, 0.6) is 0 Å². The molecule has 0 aromatic heterocycles. The molecule has 1 aliphatic rings. The van der Waals surface area contributed by atoms with E-state index >= 15 is 0 Å². The molecule has 1 heterocycles. The van der Waals surface area contributed by atoms with E-state index in [2.05, 4.69) is 86.8 Å². The van der Waals surface area contributed by atoms with Gasteiger partial charge in [0.15, 0.2) is 0 Å². The number of unbranched alkanes of at least 4 members (excludes halogenated alkanes) is 3. The van der Waals surface area contributed by atoms with E-state index < -0.39 is 12.0 Å². The lowest BCUT2D eigenvalue weighted by atomic mass is 9.88. The fraction of sp³-hybridized carbons (Fsp3) is 0.800. The highest BCUT2D eigenvalue weighted by molar-refractivity contribution is 5.90. The Hall–Kier alpha value is -4.38. The number of likely N-dealkylation sites (N-methyl/N-ethyl adjacent to an activating group) is 2. The van der Waals surface area contributed by atoms with E-state index in [0.717, 1.165) is 70.6 Å². The maximum Gasteiger partial charge on any atom is 0.325 e. The molecule has 67 heavy (non-hydrogen) atoms. The van der Waals surface area contributed by atoms with Crippen LogP contribution in [-0.4, -0.2) is 165 Å². The summed E-state index contributed by atoms with van der Waals surface area (Å²) in [6.07, 6.45) is 14.8. The van der Waals surface area contributed by atoms with Gasteiger partial charge in [-0.25, -0.2) is 4.79 Å². The highest BCUT2D eigenvalue weighted by atomic mass is 16.5. The van der Waals surface area contributed by atoms with Crippen molar-refractivity contribution in [3.63, 3.8) is 0 Å². The second-order valence-electron chi connectivity index (χ2n) is 17.7. The SMILES string of the molecule is CCC.CCC(C)C(C(CC)OC)N(C)C(=O)CNC(=O)N(C)C(CC)[C@@H](C)C(C)C.CN(CCCCCC=O)C(=O)/C=C\C=O.COC(C(C)C)C1CCCN1C=O.C[C@H](NC=O)C(=O)O. The fourth-order valence-electron chi connectivity index (χ4n) is 7.40. The Balaban J connectivity index is -0.000000426. The number of aldehydes is 2. The molecule has 0 spiro atoms. The van der Waals surface area contributed by atoms with Gasteiger partial charge in [0.1, 0.15) is 18.6 Å². The Kier molecular flexibility index (Phi) is 44.3. The molecule has 0 aromatic carbocycles. The number of rotatable bonds is 27. The minimum Gasteiger partial charge on any atom is -0.480 e. The van der Waals surface area contributed by atoms with Crippen LogP contribution in [0.3, 0.4) is 0 Å². The minimum atomic E-state index is -1.03. The number of amides is 6. The first-order valence-electron chi connectivity index (χ1n) is 24.3. The number of aliphatic carboxylic acids is 1. The van der Waals surface area contributed by atoms with E-state index in [1.165, 1.54) is 25.5 Å². The van der Waals surface area contributed by atoms with Gasteiger partial charge in [0.25, 0.3) is 0 Å². The summed E-state index contributed by atoms with van der Waals surface area (Å²) in [5, 5.41) is 13.0. The van der Waals surface area contributed by atoms with E-state index in [4.69, 9.17) is 14.6 Å². The lowest BCUT2D eigenvalue weighted by Crippen LogP contribution is -2.53. The molecule has 1 fully saturated rings. The number of allylic oxidation sites excluding steroid dienone is 1. The van der Waals surface area contributed by atoms with Crippen LogP contribution in [0.2, 0.25) is 0 Å². The van der Waals surface area contributed by atoms with E-state index in [9.17, 15) is 38.4 Å². The molecule has 392 valence electrons. The first kappa shape index (κ1) is 69.2. The molecule has 17 nitrogen and oxygen atoms in total. The molecular formula is C50H96N6O11. The number of ether oxygens (including phenoxy) is 2. The summed E-state index contributed by atoms with van der Waals surface area (Å²) in [5.41, 5.74) is 0. The monoisotopic (exact) mass is 957 g/mol. The summed E-state index contributed by atoms with van der Waals surface area (Å²) in [6.45, 7) is 26.4. The molecule has 0 saturated carbocycles. The molecule has 0 aromatic rings. The smallest absolute Gasteiger partial charge is 0.325 e. The van der Waals surface area contributed by atoms with Crippen LogP contribution in [0, 0.1) is 23.7 Å². The van der Waals surface area contributed by atoms with Gasteiger partial charge in [-0.05, 0) is 75.2 Å². The van der Waals surface area contributed by atoms with Crippen LogP contribution in [0.1, 0.15) is 147 Å². The first-order valence-corrected chi connectivity index (χ1v) is 24.3. The van der Waals surface area contributed by atoms with Crippen LogP contribution in [0.25, 0.3) is 0 Å². The van der Waals surface area contributed by atoms with E-state index in [1.54, 1.807) is 36.0 Å². The van der Waals surface area contributed by atoms with Crippen molar-refractivity contribution in [2.75, 3.05) is 55.0 Å². The number of carboxylic acid groups (broad SMARTS) is 1. The number of likely N-dealkylation sites (tertiary alicyclic amines) is 1. The predicted octanol–water partition coefficient (Wildman–Crippen LogP) is 6.86. The van der Waals surface area contributed by atoms with Crippen LogP contribution in [0.15, 0.2) is 12.2 Å². The van der Waals surface area contributed by atoms with Gasteiger partial charge >= 0.3 is 12.0 Å². The predicted molar refractivity (Wildman–Crippen MR) is 267 cm³/mol. The molecule has 1 aliphatic heterocycles. The topological polar surface area (TPSA) is 212 Å². The highest BCUT2D eigenvalue weighted by Crippen LogP contribution is 2.25. The van der Waals surface area contributed by atoms with Crippen molar-refractivity contribution in [3.8, 4) is 0 Å². The third kappa shape index (κ3) is 30.6.